The lowest BCUT2D eigenvalue weighted by molar-refractivity contribution is 0.0626. The van der Waals surface area contributed by atoms with Gasteiger partial charge in [-0.05, 0) is 42.7 Å². The number of aromatic nitrogens is 1. The van der Waals surface area contributed by atoms with Gasteiger partial charge in [0.25, 0.3) is 0 Å². The van der Waals surface area contributed by atoms with Crippen LogP contribution in [0.4, 0.5) is 0 Å². The van der Waals surface area contributed by atoms with Gasteiger partial charge < -0.3 is 5.73 Å². The SMILES string of the molecule is C=C(NOCc1ccccn1)c1cccc(C2(C)CCSC(N)=N2)c1. The van der Waals surface area contributed by atoms with Gasteiger partial charge in [0.1, 0.15) is 6.61 Å². The Balaban J connectivity index is 1.66. The van der Waals surface area contributed by atoms with Crippen molar-refractivity contribution in [1.82, 2.24) is 10.5 Å². The van der Waals surface area contributed by atoms with Crippen LogP contribution in [-0.4, -0.2) is 15.9 Å². The van der Waals surface area contributed by atoms with Crippen molar-refractivity contribution in [3.8, 4) is 0 Å². The molecule has 0 radical (unpaired) electrons. The molecule has 1 aromatic heterocycles. The number of nitrogens with one attached hydrogen (secondary N) is 1. The summed E-state index contributed by atoms with van der Waals surface area (Å²) < 4.78 is 0. The van der Waals surface area contributed by atoms with Gasteiger partial charge >= 0.3 is 0 Å². The molecule has 6 heteroatoms. The van der Waals surface area contributed by atoms with E-state index in [4.69, 9.17) is 10.6 Å². The first-order chi connectivity index (χ1) is 12.1. The predicted molar refractivity (Wildman–Crippen MR) is 104 cm³/mol. The van der Waals surface area contributed by atoms with E-state index in [1.807, 2.05) is 30.3 Å². The second kappa shape index (κ2) is 7.72. The molecule has 2 heterocycles. The first kappa shape index (κ1) is 17.5. The van der Waals surface area contributed by atoms with Crippen LogP contribution < -0.4 is 11.2 Å². The number of aliphatic imine (C=N–C) groups is 1. The molecule has 3 N–H and O–H groups in total. The maximum atomic E-state index is 5.92. The average molecular weight is 354 g/mol. The van der Waals surface area contributed by atoms with Gasteiger partial charge in [0, 0.05) is 11.9 Å². The van der Waals surface area contributed by atoms with Crippen molar-refractivity contribution in [3.05, 3.63) is 72.1 Å². The maximum absolute atomic E-state index is 5.92. The van der Waals surface area contributed by atoms with Crippen LogP contribution in [0.25, 0.3) is 5.70 Å². The number of rotatable bonds is 6. The fraction of sp³-hybridized carbons (Fsp3) is 0.263. The summed E-state index contributed by atoms with van der Waals surface area (Å²) in [6.45, 7) is 6.55. The van der Waals surface area contributed by atoms with Gasteiger partial charge in [0.15, 0.2) is 5.17 Å². The van der Waals surface area contributed by atoms with E-state index in [2.05, 4.69) is 41.1 Å². The van der Waals surface area contributed by atoms with Gasteiger partial charge in [-0.3, -0.25) is 20.3 Å². The molecule has 1 aromatic carbocycles. The molecule has 0 spiro atoms. The van der Waals surface area contributed by atoms with E-state index in [0.29, 0.717) is 17.5 Å². The third-order valence-electron chi connectivity index (χ3n) is 4.17. The number of nitrogens with two attached hydrogens (primary N) is 1. The van der Waals surface area contributed by atoms with Gasteiger partial charge in [-0.15, -0.1) is 0 Å². The normalized spacial score (nSPS) is 20.0. The molecule has 1 aliphatic rings. The van der Waals surface area contributed by atoms with Crippen LogP contribution in [0.5, 0.6) is 0 Å². The van der Waals surface area contributed by atoms with Crippen LogP contribution in [0, 0.1) is 0 Å². The van der Waals surface area contributed by atoms with Crippen molar-refractivity contribution in [3.63, 3.8) is 0 Å². The van der Waals surface area contributed by atoms with Gasteiger partial charge in [0.05, 0.1) is 16.9 Å². The van der Waals surface area contributed by atoms with Gasteiger partial charge in [0.2, 0.25) is 0 Å². The number of pyridine rings is 1. The molecule has 130 valence electrons. The largest absolute Gasteiger partial charge is 0.379 e. The molecule has 1 aliphatic heterocycles. The molecule has 0 aliphatic carbocycles. The van der Waals surface area contributed by atoms with E-state index in [-0.39, 0.29) is 5.54 Å². The summed E-state index contributed by atoms with van der Waals surface area (Å²) in [4.78, 5) is 14.4. The van der Waals surface area contributed by atoms with Crippen molar-refractivity contribution >= 4 is 22.6 Å². The van der Waals surface area contributed by atoms with Crippen LogP contribution >= 0.6 is 11.8 Å². The molecule has 5 nitrogen and oxygen atoms in total. The fourth-order valence-corrected chi connectivity index (χ4v) is 3.65. The lowest BCUT2D eigenvalue weighted by Gasteiger charge is -2.30. The van der Waals surface area contributed by atoms with E-state index in [0.717, 1.165) is 29.0 Å². The topological polar surface area (TPSA) is 72.5 Å². The smallest absolute Gasteiger partial charge is 0.154 e. The Kier molecular flexibility index (Phi) is 5.40. The number of benzene rings is 1. The Morgan fingerprint density at radius 3 is 3.00 bits per heavy atom. The highest BCUT2D eigenvalue weighted by atomic mass is 32.2. The van der Waals surface area contributed by atoms with E-state index in [1.54, 1.807) is 18.0 Å². The highest BCUT2D eigenvalue weighted by Gasteiger charge is 2.29. The summed E-state index contributed by atoms with van der Waals surface area (Å²) in [5.41, 5.74) is 12.2. The minimum atomic E-state index is -0.291. The number of thioether (sulfide) groups is 1. The summed E-state index contributed by atoms with van der Waals surface area (Å²) in [6, 6.07) is 13.9. The number of amidine groups is 1. The predicted octanol–water partition coefficient (Wildman–Crippen LogP) is 3.44. The monoisotopic (exact) mass is 354 g/mol. The lowest BCUT2D eigenvalue weighted by atomic mass is 9.88. The first-order valence-corrected chi connectivity index (χ1v) is 9.11. The van der Waals surface area contributed by atoms with Crippen molar-refractivity contribution in [2.75, 3.05) is 5.75 Å². The lowest BCUT2D eigenvalue weighted by Crippen LogP contribution is -2.28. The average Bonchev–Trinajstić information content (AvgIpc) is 2.62. The number of nitrogens with zero attached hydrogens (tertiary/aromatic N) is 2. The molecule has 1 atom stereocenters. The minimum Gasteiger partial charge on any atom is -0.379 e. The van der Waals surface area contributed by atoms with Crippen LogP contribution in [0.1, 0.15) is 30.2 Å². The van der Waals surface area contributed by atoms with E-state index < -0.39 is 0 Å². The fourth-order valence-electron chi connectivity index (χ4n) is 2.68. The third-order valence-corrected chi connectivity index (χ3v) is 4.97. The van der Waals surface area contributed by atoms with E-state index in [1.165, 1.54) is 0 Å². The molecule has 0 amide bonds. The highest BCUT2D eigenvalue weighted by Crippen LogP contribution is 2.35. The van der Waals surface area contributed by atoms with Crippen molar-refractivity contribution in [2.45, 2.75) is 25.5 Å². The zero-order valence-electron chi connectivity index (χ0n) is 14.2. The van der Waals surface area contributed by atoms with Crippen molar-refractivity contribution < 1.29 is 4.84 Å². The molecule has 25 heavy (non-hydrogen) atoms. The zero-order valence-corrected chi connectivity index (χ0v) is 15.1. The van der Waals surface area contributed by atoms with E-state index >= 15 is 0 Å². The molecule has 2 aromatic rings. The number of hydroxylamine groups is 1. The summed E-state index contributed by atoms with van der Waals surface area (Å²) in [6.07, 6.45) is 2.70. The highest BCUT2D eigenvalue weighted by molar-refractivity contribution is 8.13. The maximum Gasteiger partial charge on any atom is 0.154 e. The van der Waals surface area contributed by atoms with Crippen LogP contribution in [0.2, 0.25) is 0 Å². The Morgan fingerprint density at radius 1 is 1.36 bits per heavy atom. The Hall–Kier alpha value is -2.31. The summed E-state index contributed by atoms with van der Waals surface area (Å²) >= 11 is 1.61. The molecular weight excluding hydrogens is 332 g/mol. The zero-order chi connectivity index (χ0) is 17.7. The van der Waals surface area contributed by atoms with Crippen molar-refractivity contribution in [1.29, 1.82) is 0 Å². The number of hydrogen-bond donors (Lipinski definition) is 2. The van der Waals surface area contributed by atoms with Gasteiger partial charge in [-0.25, -0.2) is 0 Å². The molecule has 1 unspecified atom stereocenters. The summed E-state index contributed by atoms with van der Waals surface area (Å²) in [5, 5.41) is 0.648. The quantitative estimate of drug-likeness (QED) is 0.778. The first-order valence-electron chi connectivity index (χ1n) is 8.12. The Bertz CT molecular complexity index is 778. The third kappa shape index (κ3) is 4.41. The van der Waals surface area contributed by atoms with Gasteiger partial charge in [-0.2, -0.15) is 0 Å². The molecular formula is C19H22N4OS. The van der Waals surface area contributed by atoms with Crippen LogP contribution in [-0.2, 0) is 17.0 Å². The Labute approximate surface area is 152 Å². The van der Waals surface area contributed by atoms with Gasteiger partial charge in [-0.1, -0.05) is 42.6 Å². The summed E-state index contributed by atoms with van der Waals surface area (Å²) in [5.74, 6) is 0.975. The summed E-state index contributed by atoms with van der Waals surface area (Å²) in [7, 11) is 0. The minimum absolute atomic E-state index is 0.291. The number of hydrogen-bond acceptors (Lipinski definition) is 6. The molecule has 0 saturated heterocycles. The molecule has 0 bridgehead atoms. The van der Waals surface area contributed by atoms with Crippen LogP contribution in [0.15, 0.2) is 60.2 Å². The second-order valence-corrected chi connectivity index (χ2v) is 7.21. The second-order valence-electron chi connectivity index (χ2n) is 6.09. The molecule has 0 saturated carbocycles. The van der Waals surface area contributed by atoms with Crippen LogP contribution in [0.3, 0.4) is 0 Å². The van der Waals surface area contributed by atoms with Crippen molar-refractivity contribution in [2.24, 2.45) is 10.7 Å². The Morgan fingerprint density at radius 2 is 2.24 bits per heavy atom. The standard InChI is InChI=1S/C19H22N4OS/c1-14(23-24-13-17-8-3-4-10-21-17)15-6-5-7-16(12-15)19(2)9-11-25-18(20)22-19/h3-8,10,12,23H,1,9,11,13H2,2H3,(H2,20,22). The molecule has 0 fully saturated rings. The molecule has 3 rings (SSSR count). The van der Waals surface area contributed by atoms with E-state index in [9.17, 15) is 0 Å².